The minimum atomic E-state index is -0.747. The molecule has 3 atom stereocenters. The van der Waals surface area contributed by atoms with Crippen LogP contribution in [0.15, 0.2) is 17.1 Å². The van der Waals surface area contributed by atoms with Gasteiger partial charge < -0.3 is 11.1 Å². The van der Waals surface area contributed by atoms with Gasteiger partial charge in [0.25, 0.3) is 11.8 Å². The van der Waals surface area contributed by atoms with Gasteiger partial charge >= 0.3 is 0 Å². The van der Waals surface area contributed by atoms with Crippen molar-refractivity contribution >= 4 is 29.4 Å². The molecule has 0 saturated heterocycles. The first-order valence-corrected chi connectivity index (χ1v) is 13.2. The van der Waals surface area contributed by atoms with Crippen LogP contribution in [-0.2, 0) is 4.79 Å². The second-order valence-corrected chi connectivity index (χ2v) is 11.0. The smallest absolute Gasteiger partial charge is 0.257 e. The van der Waals surface area contributed by atoms with Crippen molar-refractivity contribution in [3.63, 3.8) is 0 Å². The predicted molar refractivity (Wildman–Crippen MR) is 135 cm³/mol. The van der Waals surface area contributed by atoms with E-state index in [4.69, 9.17) is 22.3 Å². The van der Waals surface area contributed by atoms with Gasteiger partial charge in [0.05, 0.1) is 0 Å². The van der Waals surface area contributed by atoms with Crippen LogP contribution >= 0.6 is 11.6 Å². The van der Waals surface area contributed by atoms with Gasteiger partial charge in [0, 0.05) is 24.3 Å². The molecule has 7 nitrogen and oxygen atoms in total. The topological polar surface area (TPSA) is 101 Å². The van der Waals surface area contributed by atoms with Gasteiger partial charge in [0.2, 0.25) is 0 Å². The lowest BCUT2D eigenvalue weighted by Gasteiger charge is -2.35. The molecule has 0 spiro atoms. The molecule has 0 unspecified atom stereocenters. The molecule has 2 aliphatic carbocycles. The van der Waals surface area contributed by atoms with Gasteiger partial charge in [0.15, 0.2) is 5.96 Å². The zero-order chi connectivity index (χ0) is 24.3. The average Bonchev–Trinajstić information content (AvgIpc) is 3.01. The Labute approximate surface area is 207 Å². The minimum Gasteiger partial charge on any atom is -0.369 e. The number of amides is 2. The lowest BCUT2D eigenvalue weighted by Crippen LogP contribution is -2.45. The van der Waals surface area contributed by atoms with Crippen LogP contribution in [0.25, 0.3) is 0 Å². The number of rotatable bonds is 7. The number of aryl methyl sites for hydroxylation is 1. The van der Waals surface area contributed by atoms with Gasteiger partial charge in [-0.1, -0.05) is 56.5 Å². The fraction of sp³-hybridized carbons (Fsp3) is 0.692. The minimum absolute atomic E-state index is 0.0360. The normalized spacial score (nSPS) is 28.1. The van der Waals surface area contributed by atoms with E-state index in [1.807, 2.05) is 6.92 Å². The van der Waals surface area contributed by atoms with Crippen molar-refractivity contribution in [2.24, 2.45) is 22.6 Å². The summed E-state index contributed by atoms with van der Waals surface area (Å²) < 4.78 is 0. The predicted octanol–water partition coefficient (Wildman–Crippen LogP) is 4.61. The molecule has 2 heterocycles. The third-order valence-corrected chi connectivity index (χ3v) is 8.19. The molecular weight excluding hydrogens is 450 g/mol. The number of hydrogen-bond acceptors (Lipinski definition) is 5. The average molecular weight is 488 g/mol. The van der Waals surface area contributed by atoms with Crippen LogP contribution in [0.3, 0.4) is 0 Å². The van der Waals surface area contributed by atoms with Crippen LogP contribution in [-0.4, -0.2) is 46.3 Å². The summed E-state index contributed by atoms with van der Waals surface area (Å²) in [4.78, 5) is 36.6. The number of pyridine rings is 1. The molecule has 0 radical (unpaired) electrons. The van der Waals surface area contributed by atoms with E-state index in [0.717, 1.165) is 44.2 Å². The number of aliphatic imine (C=N–C) groups is 1. The van der Waals surface area contributed by atoms with E-state index in [2.05, 4.69) is 10.3 Å². The molecule has 186 valence electrons. The molecule has 0 bridgehead atoms. The molecular formula is C26H38ClN5O2. The van der Waals surface area contributed by atoms with E-state index in [1.54, 1.807) is 19.2 Å². The summed E-state index contributed by atoms with van der Waals surface area (Å²) in [7, 11) is 1.73. The summed E-state index contributed by atoms with van der Waals surface area (Å²) in [6.45, 7) is 1.83. The number of guanidine groups is 1. The van der Waals surface area contributed by atoms with Crippen molar-refractivity contribution < 1.29 is 9.59 Å². The number of nitrogens with two attached hydrogens (primary N) is 1. The van der Waals surface area contributed by atoms with E-state index in [-0.39, 0.29) is 17.9 Å². The standard InChI is InChI=1S/C26H38ClN5O2/c1-17-13-20(15-22(27)29-17)23(33)30-21-10-6-9-19(14-21)16-26(24(34)32(2)25(28)31-26)12-11-18-7-4-3-5-8-18/h13,15,18-19,21H,3-12,14,16H2,1-2H3,(H2,28,31)(H,30,33)/t19-,21+,26+/m0/s1. The Bertz CT molecular complexity index is 925. The zero-order valence-corrected chi connectivity index (χ0v) is 21.2. The Kier molecular flexibility index (Phi) is 7.80. The first-order valence-electron chi connectivity index (χ1n) is 12.8. The van der Waals surface area contributed by atoms with Crippen molar-refractivity contribution in [1.82, 2.24) is 15.2 Å². The number of nitrogens with zero attached hydrogens (tertiary/aromatic N) is 3. The Hall–Kier alpha value is -2.15. The van der Waals surface area contributed by atoms with Crippen molar-refractivity contribution in [1.29, 1.82) is 0 Å². The first kappa shape index (κ1) is 25.0. The highest BCUT2D eigenvalue weighted by atomic mass is 35.5. The molecule has 3 N–H and O–H groups in total. The van der Waals surface area contributed by atoms with Crippen molar-refractivity contribution in [3.8, 4) is 0 Å². The van der Waals surface area contributed by atoms with E-state index >= 15 is 0 Å². The molecule has 2 saturated carbocycles. The molecule has 2 fully saturated rings. The van der Waals surface area contributed by atoms with Gasteiger partial charge in [-0.2, -0.15) is 0 Å². The van der Waals surface area contributed by atoms with Crippen LogP contribution in [0.1, 0.15) is 93.1 Å². The maximum atomic E-state index is 13.3. The van der Waals surface area contributed by atoms with E-state index in [9.17, 15) is 9.59 Å². The van der Waals surface area contributed by atoms with Gasteiger partial charge in [-0.15, -0.1) is 0 Å². The zero-order valence-electron chi connectivity index (χ0n) is 20.5. The van der Waals surface area contributed by atoms with Gasteiger partial charge in [-0.25, -0.2) is 9.98 Å². The lowest BCUT2D eigenvalue weighted by molar-refractivity contribution is -0.131. The fourth-order valence-corrected chi connectivity index (χ4v) is 6.44. The summed E-state index contributed by atoms with van der Waals surface area (Å²) in [6, 6.07) is 3.44. The highest BCUT2D eigenvalue weighted by molar-refractivity contribution is 6.29. The number of likely N-dealkylation sites (N-methyl/N-ethyl adjacent to an activating group) is 1. The monoisotopic (exact) mass is 487 g/mol. The molecule has 0 aromatic carbocycles. The van der Waals surface area contributed by atoms with Gasteiger partial charge in [-0.3, -0.25) is 14.5 Å². The van der Waals surface area contributed by atoms with E-state index in [0.29, 0.717) is 34.9 Å². The SMILES string of the molecule is Cc1cc(C(=O)N[C@@H]2CCC[C@H](C[C@@]3(CCC4CCCCC4)N=C(N)N(C)C3=O)C2)cc(Cl)n1. The van der Waals surface area contributed by atoms with Crippen molar-refractivity contribution in [2.45, 2.75) is 95.6 Å². The molecule has 3 aliphatic rings. The molecule has 8 heteroatoms. The van der Waals surface area contributed by atoms with Crippen LogP contribution < -0.4 is 11.1 Å². The lowest BCUT2D eigenvalue weighted by atomic mass is 9.74. The van der Waals surface area contributed by atoms with Crippen molar-refractivity contribution in [3.05, 3.63) is 28.5 Å². The second kappa shape index (κ2) is 10.6. The van der Waals surface area contributed by atoms with Crippen molar-refractivity contribution in [2.75, 3.05) is 7.05 Å². The summed E-state index contributed by atoms with van der Waals surface area (Å²) >= 11 is 6.04. The van der Waals surface area contributed by atoms with Crippen LogP contribution in [0.4, 0.5) is 0 Å². The summed E-state index contributed by atoms with van der Waals surface area (Å²) in [6.07, 6.45) is 12.8. The highest BCUT2D eigenvalue weighted by Crippen LogP contribution is 2.40. The Morgan fingerprint density at radius 2 is 1.91 bits per heavy atom. The number of halogens is 1. The maximum absolute atomic E-state index is 13.3. The third kappa shape index (κ3) is 5.73. The number of carbonyl (C=O) groups is 2. The molecule has 4 rings (SSSR count). The molecule has 34 heavy (non-hydrogen) atoms. The highest BCUT2D eigenvalue weighted by Gasteiger charge is 2.48. The van der Waals surface area contributed by atoms with Crippen LogP contribution in [0.5, 0.6) is 0 Å². The molecule has 1 aliphatic heterocycles. The quantitative estimate of drug-likeness (QED) is 0.548. The van der Waals surface area contributed by atoms with Crippen LogP contribution in [0, 0.1) is 18.8 Å². The Balaban J connectivity index is 1.42. The van der Waals surface area contributed by atoms with E-state index < -0.39 is 5.54 Å². The molecule has 2 amide bonds. The van der Waals surface area contributed by atoms with Gasteiger partial charge in [-0.05, 0) is 63.0 Å². The molecule has 1 aromatic rings. The Morgan fingerprint density at radius 1 is 1.18 bits per heavy atom. The molecule has 1 aromatic heterocycles. The summed E-state index contributed by atoms with van der Waals surface area (Å²) in [5.41, 5.74) is 6.63. The number of carbonyl (C=O) groups excluding carboxylic acids is 2. The second-order valence-electron chi connectivity index (χ2n) is 10.6. The van der Waals surface area contributed by atoms with E-state index in [1.165, 1.54) is 37.0 Å². The number of aromatic nitrogens is 1. The summed E-state index contributed by atoms with van der Waals surface area (Å²) in [5, 5.41) is 3.51. The fourth-order valence-electron chi connectivity index (χ4n) is 6.19. The van der Waals surface area contributed by atoms with Gasteiger partial charge in [0.1, 0.15) is 10.7 Å². The third-order valence-electron chi connectivity index (χ3n) is 7.99. The number of nitrogens with one attached hydrogen (secondary N) is 1. The van der Waals surface area contributed by atoms with Crippen LogP contribution in [0.2, 0.25) is 5.15 Å². The Morgan fingerprint density at radius 3 is 2.59 bits per heavy atom. The largest absolute Gasteiger partial charge is 0.369 e. The maximum Gasteiger partial charge on any atom is 0.257 e. The summed E-state index contributed by atoms with van der Waals surface area (Å²) in [5.74, 6) is 1.26. The number of hydrogen-bond donors (Lipinski definition) is 2. The first-order chi connectivity index (χ1) is 16.3.